The van der Waals surface area contributed by atoms with Crippen LogP contribution in [0.1, 0.15) is 24.0 Å². The van der Waals surface area contributed by atoms with E-state index in [0.717, 1.165) is 28.7 Å². The van der Waals surface area contributed by atoms with E-state index in [-0.39, 0.29) is 35.4 Å². The van der Waals surface area contributed by atoms with E-state index in [1.54, 1.807) is 0 Å². The maximum absolute atomic E-state index is 16.4. The predicted octanol–water partition coefficient (Wildman–Crippen LogP) is 3.48. The Morgan fingerprint density at radius 1 is 0.933 bits per heavy atom. The Bertz CT molecular complexity index is 911. The van der Waals surface area contributed by atoms with E-state index >= 15 is 4.39 Å². The molecule has 3 saturated heterocycles. The van der Waals surface area contributed by atoms with Crippen molar-refractivity contribution in [3.05, 3.63) is 71.3 Å². The number of carbonyl (C=O) groups excluding carboxylic acids is 1. The van der Waals surface area contributed by atoms with E-state index in [2.05, 4.69) is 14.1 Å². The highest BCUT2D eigenvalue weighted by Gasteiger charge is 2.71. The number of nitrogens with zero attached hydrogens (tertiary/aromatic N) is 1. The lowest BCUT2D eigenvalue weighted by molar-refractivity contribution is -0.938. The molecule has 0 saturated carbocycles. The highest BCUT2D eigenvalue weighted by atomic mass is 19.1. The van der Waals surface area contributed by atoms with Gasteiger partial charge in [-0.3, -0.25) is 0 Å². The van der Waals surface area contributed by atoms with Crippen molar-refractivity contribution in [2.24, 2.45) is 0 Å². The van der Waals surface area contributed by atoms with E-state index in [4.69, 9.17) is 9.47 Å². The molecule has 5 rings (SSSR count). The zero-order chi connectivity index (χ0) is 21.3. The first-order valence-electron chi connectivity index (χ1n) is 10.1. The molecule has 2 bridgehead atoms. The van der Waals surface area contributed by atoms with Gasteiger partial charge in [0.15, 0.2) is 0 Å². The SMILES string of the molecule is C[N+]1(C)C2CC(OC(=O)C(F)(c3ccc(F)cc3)c3ccc(F)cc3)C[C@H]1[C@@H]1OC21. The van der Waals surface area contributed by atoms with Gasteiger partial charge in [0.1, 0.15) is 42.0 Å². The summed E-state index contributed by atoms with van der Waals surface area (Å²) in [5, 5.41) is 0. The normalized spacial score (nSPS) is 31.2. The van der Waals surface area contributed by atoms with Crippen molar-refractivity contribution in [2.45, 2.75) is 48.9 Å². The van der Waals surface area contributed by atoms with Gasteiger partial charge in [0.2, 0.25) is 0 Å². The molecule has 0 radical (unpaired) electrons. The van der Waals surface area contributed by atoms with Crippen LogP contribution in [0.25, 0.3) is 0 Å². The number of hydrogen-bond donors (Lipinski definition) is 0. The topological polar surface area (TPSA) is 38.8 Å². The van der Waals surface area contributed by atoms with Crippen LogP contribution in [-0.2, 0) is 19.9 Å². The van der Waals surface area contributed by atoms with Crippen molar-refractivity contribution in [2.75, 3.05) is 14.1 Å². The fraction of sp³-hybridized carbons (Fsp3) is 0.435. The van der Waals surface area contributed by atoms with Crippen molar-refractivity contribution in [1.82, 2.24) is 0 Å². The van der Waals surface area contributed by atoms with Gasteiger partial charge < -0.3 is 14.0 Å². The van der Waals surface area contributed by atoms with Crippen LogP contribution in [0, 0.1) is 11.6 Å². The Kier molecular flexibility index (Phi) is 4.28. The zero-order valence-electron chi connectivity index (χ0n) is 16.7. The molecule has 158 valence electrons. The number of piperidine rings is 1. The van der Waals surface area contributed by atoms with Gasteiger partial charge in [0, 0.05) is 24.0 Å². The highest BCUT2D eigenvalue weighted by molar-refractivity contribution is 5.85. The number of epoxide rings is 1. The number of esters is 1. The molecule has 0 aromatic heterocycles. The Labute approximate surface area is 172 Å². The summed E-state index contributed by atoms with van der Waals surface area (Å²) in [6.45, 7) is 0. The van der Waals surface area contributed by atoms with Crippen LogP contribution < -0.4 is 0 Å². The van der Waals surface area contributed by atoms with Crippen molar-refractivity contribution in [3.8, 4) is 0 Å². The number of morpholine rings is 1. The van der Waals surface area contributed by atoms with Crippen molar-refractivity contribution in [3.63, 3.8) is 0 Å². The molecule has 30 heavy (non-hydrogen) atoms. The lowest BCUT2D eigenvalue weighted by Crippen LogP contribution is -2.60. The van der Waals surface area contributed by atoms with Gasteiger partial charge in [-0.25, -0.2) is 18.0 Å². The zero-order valence-corrected chi connectivity index (χ0v) is 16.7. The average Bonchev–Trinajstić information content (AvgIpc) is 3.47. The Morgan fingerprint density at radius 3 is 1.80 bits per heavy atom. The molecule has 2 aromatic rings. The first-order valence-corrected chi connectivity index (χ1v) is 10.1. The van der Waals surface area contributed by atoms with Crippen LogP contribution >= 0.6 is 0 Å². The van der Waals surface area contributed by atoms with Gasteiger partial charge in [-0.05, 0) is 24.3 Å². The summed E-state index contributed by atoms with van der Waals surface area (Å²) in [6, 6.07) is 9.63. The number of rotatable bonds is 4. The fourth-order valence-electron chi connectivity index (χ4n) is 5.30. The standard InChI is InChI=1S/C23H23F3NO3/c1-27(2)18-11-17(12-19(27)21-20(18)30-21)29-22(28)23(26,13-3-7-15(24)8-4-13)14-5-9-16(25)10-6-14/h3-10,17-21H,11-12H2,1-2H3/q+1/t17?,18-,19?,20-,21?/m0/s1. The molecule has 0 spiro atoms. The summed E-state index contributed by atoms with van der Waals surface area (Å²) in [5.41, 5.74) is -2.77. The summed E-state index contributed by atoms with van der Waals surface area (Å²) in [6.07, 6.45) is 1.13. The molecule has 3 heterocycles. The van der Waals surface area contributed by atoms with Crippen molar-refractivity contribution < 1.29 is 31.9 Å². The number of alkyl halides is 1. The Balaban J connectivity index is 1.44. The quantitative estimate of drug-likeness (QED) is 0.434. The first-order chi connectivity index (χ1) is 14.2. The van der Waals surface area contributed by atoms with Crippen molar-refractivity contribution in [1.29, 1.82) is 0 Å². The van der Waals surface area contributed by atoms with E-state index in [9.17, 15) is 13.6 Å². The number of halogens is 3. The third-order valence-electron chi connectivity index (χ3n) is 7.08. The molecule has 3 fully saturated rings. The highest BCUT2D eigenvalue weighted by Crippen LogP contribution is 2.52. The second kappa shape index (κ2) is 6.56. The average molecular weight is 418 g/mol. The van der Waals surface area contributed by atoms with Crippen LogP contribution in [0.15, 0.2) is 48.5 Å². The molecule has 3 aliphatic rings. The maximum atomic E-state index is 16.4. The minimum absolute atomic E-state index is 0.0541. The lowest BCUT2D eigenvalue weighted by Gasteiger charge is -2.45. The van der Waals surface area contributed by atoms with Gasteiger partial charge in [0.25, 0.3) is 5.67 Å². The summed E-state index contributed by atoms with van der Waals surface area (Å²) in [7, 11) is 4.30. The van der Waals surface area contributed by atoms with Gasteiger partial charge in [-0.2, -0.15) is 0 Å². The lowest BCUT2D eigenvalue weighted by atomic mass is 9.87. The van der Waals surface area contributed by atoms with Crippen LogP contribution in [-0.4, -0.2) is 54.9 Å². The Hall–Kier alpha value is -2.38. The maximum Gasteiger partial charge on any atom is 0.353 e. The van der Waals surface area contributed by atoms with Gasteiger partial charge in [-0.15, -0.1) is 0 Å². The van der Waals surface area contributed by atoms with Crippen LogP contribution in [0.4, 0.5) is 13.2 Å². The third kappa shape index (κ3) is 2.87. The summed E-state index contributed by atoms with van der Waals surface area (Å²) in [4.78, 5) is 13.2. The number of ether oxygens (including phenoxy) is 2. The van der Waals surface area contributed by atoms with Crippen LogP contribution in [0.3, 0.4) is 0 Å². The molecule has 7 heteroatoms. The monoisotopic (exact) mass is 418 g/mol. The molecular weight excluding hydrogens is 395 g/mol. The number of quaternary nitrogens is 1. The van der Waals surface area contributed by atoms with Crippen LogP contribution in [0.2, 0.25) is 0 Å². The van der Waals surface area contributed by atoms with E-state index in [0.29, 0.717) is 12.8 Å². The summed E-state index contributed by atoms with van der Waals surface area (Å²) < 4.78 is 55.4. The minimum Gasteiger partial charge on any atom is -0.459 e. The molecule has 5 atom stereocenters. The molecule has 0 amide bonds. The molecule has 2 aromatic carbocycles. The van der Waals surface area contributed by atoms with Gasteiger partial charge in [0.05, 0.1) is 14.1 Å². The molecule has 3 unspecified atom stereocenters. The van der Waals surface area contributed by atoms with Crippen molar-refractivity contribution >= 4 is 5.97 Å². The number of hydrogen-bond acceptors (Lipinski definition) is 3. The number of benzene rings is 2. The molecular formula is C23H23F3NO3+. The molecule has 0 N–H and O–H groups in total. The number of likely N-dealkylation sites (N-methyl/N-ethyl adjacent to an activating group) is 1. The number of fused-ring (bicyclic) bond motifs is 5. The third-order valence-corrected chi connectivity index (χ3v) is 7.08. The van der Waals surface area contributed by atoms with Gasteiger partial charge >= 0.3 is 5.97 Å². The molecule has 0 aliphatic carbocycles. The van der Waals surface area contributed by atoms with E-state index < -0.39 is 29.4 Å². The predicted molar refractivity (Wildman–Crippen MR) is 102 cm³/mol. The Morgan fingerprint density at radius 2 is 1.37 bits per heavy atom. The van der Waals surface area contributed by atoms with Crippen LogP contribution in [0.5, 0.6) is 0 Å². The fourth-order valence-corrected chi connectivity index (χ4v) is 5.30. The molecule has 4 nitrogen and oxygen atoms in total. The second-order valence-corrected chi connectivity index (χ2v) is 9.00. The largest absolute Gasteiger partial charge is 0.459 e. The van der Waals surface area contributed by atoms with Gasteiger partial charge in [-0.1, -0.05) is 24.3 Å². The first kappa shape index (κ1) is 19.6. The summed E-state index contributed by atoms with van der Waals surface area (Å²) >= 11 is 0. The minimum atomic E-state index is -2.66. The van der Waals surface area contributed by atoms with E-state index in [1.807, 2.05) is 0 Å². The van der Waals surface area contributed by atoms with E-state index in [1.165, 1.54) is 24.3 Å². The number of carbonyl (C=O) groups is 1. The summed E-state index contributed by atoms with van der Waals surface area (Å²) in [5.74, 6) is -2.15. The smallest absolute Gasteiger partial charge is 0.353 e. The molecule has 3 aliphatic heterocycles. The second-order valence-electron chi connectivity index (χ2n) is 9.00.